The van der Waals surface area contributed by atoms with E-state index in [2.05, 4.69) is 5.32 Å². The van der Waals surface area contributed by atoms with Crippen molar-refractivity contribution in [2.24, 2.45) is 5.92 Å². The maximum Gasteiger partial charge on any atom is 0.244 e. The number of aliphatic hydroxyl groups excluding tert-OH is 1. The molecule has 0 aromatic heterocycles. The van der Waals surface area contributed by atoms with Crippen LogP contribution < -0.4 is 5.32 Å². The van der Waals surface area contributed by atoms with Gasteiger partial charge in [0.25, 0.3) is 0 Å². The molecule has 0 spiro atoms. The summed E-state index contributed by atoms with van der Waals surface area (Å²) in [6.45, 7) is 0.562. The fourth-order valence-corrected chi connectivity index (χ4v) is 4.70. The SMILES string of the molecule is O=C(NCCO)C1CCN(S(=O)(=O)c2cc(Cl)ccc2Cl)CC1. The number of rotatable bonds is 5. The predicted octanol–water partition coefficient (Wildman–Crippen LogP) is 1.50. The maximum absolute atomic E-state index is 12.7. The number of halogens is 2. The number of hydrogen-bond acceptors (Lipinski definition) is 4. The highest BCUT2D eigenvalue weighted by molar-refractivity contribution is 7.89. The summed E-state index contributed by atoms with van der Waals surface area (Å²) in [6.07, 6.45) is 0.851. The number of nitrogens with one attached hydrogen (secondary N) is 1. The van der Waals surface area contributed by atoms with Gasteiger partial charge in [-0.05, 0) is 31.0 Å². The number of hydrogen-bond donors (Lipinski definition) is 2. The molecule has 2 N–H and O–H groups in total. The van der Waals surface area contributed by atoms with Crippen molar-refractivity contribution in [2.45, 2.75) is 17.7 Å². The van der Waals surface area contributed by atoms with Crippen molar-refractivity contribution < 1.29 is 18.3 Å². The van der Waals surface area contributed by atoms with Crippen molar-refractivity contribution in [3.63, 3.8) is 0 Å². The lowest BCUT2D eigenvalue weighted by Gasteiger charge is -2.30. The van der Waals surface area contributed by atoms with Crippen molar-refractivity contribution >= 4 is 39.1 Å². The Kier molecular flexibility index (Phi) is 6.27. The molecule has 0 radical (unpaired) electrons. The largest absolute Gasteiger partial charge is 0.395 e. The fourth-order valence-electron chi connectivity index (χ4n) is 2.50. The number of nitrogens with zero attached hydrogens (tertiary/aromatic N) is 1. The number of sulfonamides is 1. The summed E-state index contributed by atoms with van der Waals surface area (Å²) in [7, 11) is -3.74. The molecule has 1 heterocycles. The standard InChI is InChI=1S/C14H18Cl2N2O4S/c15-11-1-2-12(16)13(9-11)23(21,22)18-6-3-10(4-7-18)14(20)17-5-8-19/h1-2,9-10,19H,3-8H2,(H,17,20). The molecule has 1 fully saturated rings. The van der Waals surface area contributed by atoms with Crippen molar-refractivity contribution in [3.8, 4) is 0 Å². The van der Waals surface area contributed by atoms with Gasteiger partial charge in [0.05, 0.1) is 11.6 Å². The minimum atomic E-state index is -3.74. The molecule has 1 aromatic rings. The zero-order valence-corrected chi connectivity index (χ0v) is 14.7. The van der Waals surface area contributed by atoms with Crippen LogP contribution in [0.2, 0.25) is 10.0 Å². The zero-order chi connectivity index (χ0) is 17.0. The molecule has 0 unspecified atom stereocenters. The van der Waals surface area contributed by atoms with E-state index in [1.165, 1.54) is 22.5 Å². The van der Waals surface area contributed by atoms with Crippen LogP contribution in [-0.4, -0.2) is 50.0 Å². The molecular weight excluding hydrogens is 363 g/mol. The lowest BCUT2D eigenvalue weighted by atomic mass is 9.97. The van der Waals surface area contributed by atoms with Gasteiger partial charge in [0.1, 0.15) is 4.90 Å². The fraction of sp³-hybridized carbons (Fsp3) is 0.500. The molecule has 0 aliphatic carbocycles. The van der Waals surface area contributed by atoms with Crippen molar-refractivity contribution in [1.82, 2.24) is 9.62 Å². The summed E-state index contributed by atoms with van der Waals surface area (Å²) >= 11 is 11.8. The smallest absolute Gasteiger partial charge is 0.244 e. The Bertz CT molecular complexity index is 673. The van der Waals surface area contributed by atoms with Gasteiger partial charge in [-0.25, -0.2) is 8.42 Å². The van der Waals surface area contributed by atoms with Crippen LogP contribution in [0, 0.1) is 5.92 Å². The monoisotopic (exact) mass is 380 g/mol. The molecule has 6 nitrogen and oxygen atoms in total. The van der Waals surface area contributed by atoms with Crippen LogP contribution >= 0.6 is 23.2 Å². The molecule has 128 valence electrons. The van der Waals surface area contributed by atoms with Crippen molar-refractivity contribution in [1.29, 1.82) is 0 Å². The minimum absolute atomic E-state index is 0.0187. The Balaban J connectivity index is 2.07. The third-order valence-corrected chi connectivity index (χ3v) is 6.36. The van der Waals surface area contributed by atoms with Gasteiger partial charge in [-0.15, -0.1) is 0 Å². The molecule has 1 aliphatic heterocycles. The molecule has 2 rings (SSSR count). The molecule has 1 saturated heterocycles. The van der Waals surface area contributed by atoms with E-state index in [-0.39, 0.29) is 48.0 Å². The number of carbonyl (C=O) groups excluding carboxylic acids is 1. The molecule has 9 heteroatoms. The van der Waals surface area contributed by atoms with Gasteiger partial charge in [0, 0.05) is 30.6 Å². The number of aliphatic hydroxyl groups is 1. The first-order valence-electron chi connectivity index (χ1n) is 7.20. The quantitative estimate of drug-likeness (QED) is 0.810. The maximum atomic E-state index is 12.7. The predicted molar refractivity (Wildman–Crippen MR) is 88.0 cm³/mol. The average molecular weight is 381 g/mol. The van der Waals surface area contributed by atoms with E-state index in [1.54, 1.807) is 0 Å². The van der Waals surface area contributed by atoms with E-state index in [4.69, 9.17) is 28.3 Å². The molecular formula is C14H18Cl2N2O4S. The topological polar surface area (TPSA) is 86.7 Å². The summed E-state index contributed by atoms with van der Waals surface area (Å²) in [4.78, 5) is 11.8. The van der Waals surface area contributed by atoms with Crippen LogP contribution in [0.5, 0.6) is 0 Å². The van der Waals surface area contributed by atoms with Gasteiger partial charge < -0.3 is 10.4 Å². The number of carbonyl (C=O) groups is 1. The van der Waals surface area contributed by atoms with Crippen LogP contribution in [0.4, 0.5) is 0 Å². The summed E-state index contributed by atoms with van der Waals surface area (Å²) < 4.78 is 26.6. The van der Waals surface area contributed by atoms with Gasteiger partial charge in [0.2, 0.25) is 15.9 Å². The van der Waals surface area contributed by atoms with Crippen LogP contribution in [0.3, 0.4) is 0 Å². The molecule has 23 heavy (non-hydrogen) atoms. The first-order valence-corrected chi connectivity index (χ1v) is 9.39. The highest BCUT2D eigenvalue weighted by Gasteiger charge is 2.33. The average Bonchev–Trinajstić information content (AvgIpc) is 2.54. The second-order valence-corrected chi connectivity index (χ2v) is 8.02. The van der Waals surface area contributed by atoms with E-state index < -0.39 is 10.0 Å². The van der Waals surface area contributed by atoms with Gasteiger partial charge in [-0.3, -0.25) is 4.79 Å². The third-order valence-electron chi connectivity index (χ3n) is 3.75. The highest BCUT2D eigenvalue weighted by Crippen LogP contribution is 2.30. The van der Waals surface area contributed by atoms with Gasteiger partial charge >= 0.3 is 0 Å². The van der Waals surface area contributed by atoms with E-state index in [0.717, 1.165) is 0 Å². The molecule has 0 bridgehead atoms. The van der Waals surface area contributed by atoms with E-state index in [0.29, 0.717) is 17.9 Å². The molecule has 1 aromatic carbocycles. The van der Waals surface area contributed by atoms with Gasteiger partial charge in [-0.1, -0.05) is 23.2 Å². The molecule has 0 saturated carbocycles. The zero-order valence-electron chi connectivity index (χ0n) is 12.3. The normalized spacial score (nSPS) is 17.2. The molecule has 1 amide bonds. The second kappa shape index (κ2) is 7.81. The first kappa shape index (κ1) is 18.5. The van der Waals surface area contributed by atoms with E-state index >= 15 is 0 Å². The Morgan fingerprint density at radius 1 is 1.30 bits per heavy atom. The van der Waals surface area contributed by atoms with Crippen molar-refractivity contribution in [3.05, 3.63) is 28.2 Å². The summed E-state index contributed by atoms with van der Waals surface area (Å²) in [6, 6.07) is 4.31. The second-order valence-electron chi connectivity index (χ2n) is 5.27. The Morgan fingerprint density at radius 2 is 1.96 bits per heavy atom. The first-order chi connectivity index (χ1) is 10.9. The lowest BCUT2D eigenvalue weighted by molar-refractivity contribution is -0.126. The Morgan fingerprint density at radius 3 is 2.57 bits per heavy atom. The third kappa shape index (κ3) is 4.36. The van der Waals surface area contributed by atoms with E-state index in [9.17, 15) is 13.2 Å². The number of amides is 1. The van der Waals surface area contributed by atoms with E-state index in [1.807, 2.05) is 0 Å². The van der Waals surface area contributed by atoms with Crippen LogP contribution in [-0.2, 0) is 14.8 Å². The van der Waals surface area contributed by atoms with Gasteiger partial charge in [-0.2, -0.15) is 4.31 Å². The van der Waals surface area contributed by atoms with Crippen LogP contribution in [0.1, 0.15) is 12.8 Å². The lowest BCUT2D eigenvalue weighted by Crippen LogP contribution is -2.43. The Hall–Kier alpha value is -0.860. The summed E-state index contributed by atoms with van der Waals surface area (Å²) in [5, 5.41) is 11.7. The number of piperidine rings is 1. The Labute approximate surface area is 145 Å². The van der Waals surface area contributed by atoms with Crippen LogP contribution in [0.15, 0.2) is 23.1 Å². The molecule has 1 aliphatic rings. The van der Waals surface area contributed by atoms with Crippen LogP contribution in [0.25, 0.3) is 0 Å². The number of benzene rings is 1. The van der Waals surface area contributed by atoms with Crippen molar-refractivity contribution in [2.75, 3.05) is 26.2 Å². The minimum Gasteiger partial charge on any atom is -0.395 e. The summed E-state index contributed by atoms with van der Waals surface area (Å²) in [5.74, 6) is -0.403. The van der Waals surface area contributed by atoms with Gasteiger partial charge in [0.15, 0.2) is 0 Å². The summed E-state index contributed by atoms with van der Waals surface area (Å²) in [5.41, 5.74) is 0. The highest BCUT2D eigenvalue weighted by atomic mass is 35.5. The molecule has 0 atom stereocenters.